The zero-order chi connectivity index (χ0) is 34.0. The van der Waals surface area contributed by atoms with E-state index in [9.17, 15) is 32.4 Å². The number of urea groups is 1. The number of nitrogens with two attached hydrogens (primary N) is 1. The van der Waals surface area contributed by atoms with Crippen molar-refractivity contribution in [3.8, 4) is 0 Å². The number of likely N-dealkylation sites (N-methyl/N-ethyl adjacent to an activating group) is 1. The van der Waals surface area contributed by atoms with Crippen molar-refractivity contribution in [1.29, 1.82) is 0 Å². The molecule has 5 amide bonds. The summed E-state index contributed by atoms with van der Waals surface area (Å²) < 4.78 is 32.2. The number of rotatable bonds is 12. The second-order valence-electron chi connectivity index (χ2n) is 14.4. The van der Waals surface area contributed by atoms with Gasteiger partial charge in [0.05, 0.1) is 23.6 Å². The van der Waals surface area contributed by atoms with E-state index >= 15 is 0 Å². The number of nitrogens with one attached hydrogen (secondary N) is 2. The van der Waals surface area contributed by atoms with Crippen molar-refractivity contribution < 1.29 is 36.8 Å². The summed E-state index contributed by atoms with van der Waals surface area (Å²) in [4.78, 5) is 68.6. The van der Waals surface area contributed by atoms with Crippen molar-refractivity contribution >= 4 is 39.4 Å². The second-order valence-corrected chi connectivity index (χ2v) is 16.4. The van der Waals surface area contributed by atoms with Crippen LogP contribution in [-0.4, -0.2) is 90.8 Å². The van der Waals surface area contributed by atoms with E-state index in [-0.39, 0.29) is 28.9 Å². The predicted octanol–water partition coefficient (Wildman–Crippen LogP) is 2.45. The monoisotopic (exact) mass is 663 g/mol. The van der Waals surface area contributed by atoms with Gasteiger partial charge in [0.25, 0.3) is 5.91 Å². The second kappa shape index (κ2) is 13.7. The van der Waals surface area contributed by atoms with Gasteiger partial charge in [0.15, 0.2) is 9.84 Å². The minimum Gasteiger partial charge on any atom is -0.468 e. The van der Waals surface area contributed by atoms with E-state index in [4.69, 9.17) is 10.2 Å². The Balaban J connectivity index is 1.53. The smallest absolute Gasteiger partial charge is 0.318 e. The van der Waals surface area contributed by atoms with E-state index in [0.29, 0.717) is 32.1 Å². The molecule has 0 aromatic carbocycles. The molecule has 2 unspecified atom stereocenters. The van der Waals surface area contributed by atoms with Gasteiger partial charge in [-0.2, -0.15) is 0 Å². The summed E-state index contributed by atoms with van der Waals surface area (Å²) in [7, 11) is -2.29. The number of hydrogen-bond acceptors (Lipinski definition) is 8. The van der Waals surface area contributed by atoms with Crippen molar-refractivity contribution in [3.63, 3.8) is 0 Å². The van der Waals surface area contributed by atoms with Crippen LogP contribution in [0.4, 0.5) is 4.79 Å². The molecule has 1 aromatic heterocycles. The zero-order valence-corrected chi connectivity index (χ0v) is 28.4. The van der Waals surface area contributed by atoms with Gasteiger partial charge in [0, 0.05) is 13.6 Å². The van der Waals surface area contributed by atoms with Crippen molar-refractivity contribution in [2.75, 3.05) is 19.3 Å². The molecule has 1 aliphatic heterocycles. The first-order valence-electron chi connectivity index (χ1n) is 16.2. The molecule has 46 heavy (non-hydrogen) atoms. The van der Waals surface area contributed by atoms with Gasteiger partial charge in [-0.05, 0) is 56.4 Å². The number of ketones is 1. The van der Waals surface area contributed by atoms with Gasteiger partial charge in [-0.1, -0.05) is 52.9 Å². The maximum Gasteiger partial charge on any atom is 0.318 e. The van der Waals surface area contributed by atoms with E-state index in [1.807, 2.05) is 20.8 Å². The minimum atomic E-state index is -3.80. The number of nitrogens with zero attached hydrogens (tertiary/aromatic N) is 2. The summed E-state index contributed by atoms with van der Waals surface area (Å²) in [5, 5.41) is 5.70. The van der Waals surface area contributed by atoms with Gasteiger partial charge >= 0.3 is 6.03 Å². The van der Waals surface area contributed by atoms with Crippen LogP contribution >= 0.6 is 0 Å². The third-order valence-corrected chi connectivity index (χ3v) is 11.6. The average molecular weight is 664 g/mol. The molecule has 14 heteroatoms. The molecular formula is C32H49N5O8S. The maximum absolute atomic E-state index is 14.2. The van der Waals surface area contributed by atoms with Crippen LogP contribution in [0.1, 0.15) is 90.7 Å². The Morgan fingerprint density at radius 2 is 1.74 bits per heavy atom. The first-order chi connectivity index (χ1) is 21.5. The summed E-state index contributed by atoms with van der Waals surface area (Å²) in [5.41, 5.74) is 3.45. The van der Waals surface area contributed by atoms with Crippen molar-refractivity contribution in [2.45, 2.75) is 120 Å². The maximum atomic E-state index is 14.2. The highest BCUT2D eigenvalue weighted by Crippen LogP contribution is 2.35. The van der Waals surface area contributed by atoms with Crippen LogP contribution in [0.3, 0.4) is 0 Å². The number of likely N-dealkylation sites (tertiary alicyclic amines) is 1. The van der Waals surface area contributed by atoms with Crippen molar-refractivity contribution in [2.24, 2.45) is 17.1 Å². The Morgan fingerprint density at radius 3 is 2.28 bits per heavy atom. The molecule has 0 spiro atoms. The third kappa shape index (κ3) is 8.10. The van der Waals surface area contributed by atoms with Gasteiger partial charge < -0.3 is 30.6 Å². The molecule has 0 bridgehead atoms. The fourth-order valence-electron chi connectivity index (χ4n) is 7.04. The molecule has 2 heterocycles. The largest absolute Gasteiger partial charge is 0.468 e. The number of aryl methyl sites for hydroxylation is 1. The van der Waals surface area contributed by atoms with Gasteiger partial charge in [-0.3, -0.25) is 19.2 Å². The van der Waals surface area contributed by atoms with Gasteiger partial charge in [0.1, 0.15) is 22.7 Å². The van der Waals surface area contributed by atoms with Crippen LogP contribution in [0.25, 0.3) is 0 Å². The quantitative estimate of drug-likeness (QED) is 0.284. The zero-order valence-electron chi connectivity index (χ0n) is 27.6. The molecule has 0 radical (unpaired) electrons. The van der Waals surface area contributed by atoms with Crippen LogP contribution in [0, 0.1) is 18.3 Å². The number of carbonyl (C=O) groups excluding carboxylic acids is 5. The highest BCUT2D eigenvalue weighted by molar-refractivity contribution is 7.91. The lowest BCUT2D eigenvalue weighted by Crippen LogP contribution is -2.63. The van der Waals surface area contributed by atoms with E-state index in [1.54, 1.807) is 6.92 Å². The summed E-state index contributed by atoms with van der Waals surface area (Å²) in [6.07, 6.45) is 7.72. The Hall–Kier alpha value is -3.42. The molecule has 1 saturated heterocycles. The Labute approximate surface area is 271 Å². The first-order valence-corrected chi connectivity index (χ1v) is 17.9. The summed E-state index contributed by atoms with van der Waals surface area (Å²) in [6, 6.07) is -2.08. The van der Waals surface area contributed by atoms with Crippen LogP contribution in [0.2, 0.25) is 0 Å². The Bertz CT molecular complexity index is 1440. The molecule has 4 N–H and O–H groups in total. The lowest BCUT2D eigenvalue weighted by Gasteiger charge is -2.43. The molecule has 3 fully saturated rings. The highest BCUT2D eigenvalue weighted by Gasteiger charge is 2.47. The van der Waals surface area contributed by atoms with Crippen LogP contribution < -0.4 is 16.4 Å². The van der Waals surface area contributed by atoms with E-state index in [0.717, 1.165) is 32.1 Å². The summed E-state index contributed by atoms with van der Waals surface area (Å²) in [6.45, 7) is 7.34. The Kier molecular flexibility index (Phi) is 10.6. The molecule has 3 aliphatic rings. The molecule has 2 aliphatic carbocycles. The minimum absolute atomic E-state index is 0.0954. The number of Topliss-reactive ketones (excluding diaryl/α,β-unsaturated/α-hetero) is 1. The molecule has 3 atom stereocenters. The molecular weight excluding hydrogens is 614 g/mol. The predicted molar refractivity (Wildman–Crippen MR) is 169 cm³/mol. The fraction of sp³-hybridized carbons (Fsp3) is 0.719. The number of primary amides is 1. The van der Waals surface area contributed by atoms with E-state index < -0.39 is 68.5 Å². The SMILES string of the molecule is Cc1occc1S(=O)(=O)CC1(NC(=O)N(C)[C@H](C(=O)N2CCCC2C(=O)NC(CC2CC2)C(=O)C(N)=O)C(C)(C)C)CCCCC1. The standard InChI is InChI=1S/C32H49N5O8S/c1-20-24(13-17-45-20)46(43,44)19-32(14-7-6-8-15-32)35-30(42)36(5)26(31(2,3)4)29(41)37-16-9-10-23(37)28(40)34-22(18-21-11-12-21)25(38)27(33)39/h13,17,21-23,26H,6-12,14-16,18-19H2,1-5H3,(H2,33,39)(H,34,40)(H,35,42)/t22?,23?,26-/m1/s1. The van der Waals surface area contributed by atoms with Gasteiger partial charge in [-0.25, -0.2) is 13.2 Å². The van der Waals surface area contributed by atoms with E-state index in [1.165, 1.54) is 29.2 Å². The molecule has 4 rings (SSSR count). The van der Waals surface area contributed by atoms with Crippen molar-refractivity contribution in [1.82, 2.24) is 20.4 Å². The lowest BCUT2D eigenvalue weighted by molar-refractivity contribution is -0.145. The summed E-state index contributed by atoms with van der Waals surface area (Å²) >= 11 is 0. The third-order valence-electron chi connectivity index (χ3n) is 9.54. The number of sulfone groups is 1. The number of amides is 5. The first kappa shape index (κ1) is 35.4. The van der Waals surface area contributed by atoms with Gasteiger partial charge in [-0.15, -0.1) is 0 Å². The normalized spacial score (nSPS) is 21.2. The number of hydrogen-bond donors (Lipinski definition) is 3. The average Bonchev–Trinajstić information content (AvgIpc) is 3.43. The summed E-state index contributed by atoms with van der Waals surface area (Å²) in [5.74, 6) is -2.72. The molecule has 13 nitrogen and oxygen atoms in total. The molecule has 1 aromatic rings. The van der Waals surface area contributed by atoms with Gasteiger partial charge in [0.2, 0.25) is 17.6 Å². The Morgan fingerprint density at radius 1 is 1.09 bits per heavy atom. The topological polar surface area (TPSA) is 189 Å². The van der Waals surface area contributed by atoms with Crippen LogP contribution in [0.15, 0.2) is 21.6 Å². The van der Waals surface area contributed by atoms with Crippen LogP contribution in [0.5, 0.6) is 0 Å². The van der Waals surface area contributed by atoms with Crippen molar-refractivity contribution in [3.05, 3.63) is 18.1 Å². The number of carbonyl (C=O) groups is 5. The molecule has 2 saturated carbocycles. The fourth-order valence-corrected chi connectivity index (χ4v) is 9.03. The van der Waals surface area contributed by atoms with Crippen LogP contribution in [-0.2, 0) is 29.0 Å². The number of furan rings is 1. The molecule has 256 valence electrons. The van der Waals surface area contributed by atoms with E-state index in [2.05, 4.69) is 10.6 Å². The lowest BCUT2D eigenvalue weighted by atomic mass is 9.82. The highest BCUT2D eigenvalue weighted by atomic mass is 32.2.